The maximum atomic E-state index is 6.11. The van der Waals surface area contributed by atoms with E-state index in [1.165, 1.54) is 12.1 Å². The molecule has 3 aliphatic rings. The number of ether oxygens (including phenoxy) is 2. The van der Waals surface area contributed by atoms with Crippen LogP contribution in [0, 0.1) is 5.92 Å². The van der Waals surface area contributed by atoms with Gasteiger partial charge >= 0.3 is 0 Å². The number of rotatable bonds is 2. The average Bonchev–Trinajstić information content (AvgIpc) is 3.05. The summed E-state index contributed by atoms with van der Waals surface area (Å²) in [6.07, 6.45) is 6.07. The quantitative estimate of drug-likeness (QED) is 0.743. The number of hydrogen-bond acceptors (Lipinski definition) is 3. The van der Waals surface area contributed by atoms with Gasteiger partial charge in [0.05, 0.1) is 19.8 Å². The Hall–Kier alpha value is -1.48. The van der Waals surface area contributed by atoms with Gasteiger partial charge in [-0.3, -0.25) is 0 Å². The van der Waals surface area contributed by atoms with Crippen LogP contribution in [0.3, 0.4) is 0 Å². The molecular formula is C15H17NO2. The molecule has 3 unspecified atom stereocenters. The second-order valence-electron chi connectivity index (χ2n) is 5.49. The molecule has 0 amide bonds. The Morgan fingerprint density at radius 3 is 3.17 bits per heavy atom. The fourth-order valence-corrected chi connectivity index (χ4v) is 3.55. The number of nitrogens with zero attached hydrogens (tertiary/aromatic N) is 1. The van der Waals surface area contributed by atoms with Gasteiger partial charge in [0.15, 0.2) is 0 Å². The summed E-state index contributed by atoms with van der Waals surface area (Å²) in [4.78, 5) is 2.42. The summed E-state index contributed by atoms with van der Waals surface area (Å²) in [6.45, 7) is 2.06. The normalized spacial score (nSPS) is 36.2. The van der Waals surface area contributed by atoms with Gasteiger partial charge in [0, 0.05) is 24.2 Å². The highest BCUT2D eigenvalue weighted by Crippen LogP contribution is 2.48. The van der Waals surface area contributed by atoms with Crippen LogP contribution < -0.4 is 9.64 Å². The number of hydrogen-bond donors (Lipinski definition) is 0. The van der Waals surface area contributed by atoms with Crippen molar-refractivity contribution in [1.29, 1.82) is 0 Å². The Bertz CT molecular complexity index is 513. The lowest BCUT2D eigenvalue weighted by atomic mass is 9.86. The molecule has 0 aromatic heterocycles. The third kappa shape index (κ3) is 1.34. The van der Waals surface area contributed by atoms with Crippen molar-refractivity contribution in [2.45, 2.75) is 18.1 Å². The minimum Gasteiger partial charge on any atom is -0.497 e. The summed E-state index contributed by atoms with van der Waals surface area (Å²) < 4.78 is 11.4. The van der Waals surface area contributed by atoms with E-state index in [1.54, 1.807) is 7.11 Å². The van der Waals surface area contributed by atoms with Crippen molar-refractivity contribution in [3.63, 3.8) is 0 Å². The van der Waals surface area contributed by atoms with E-state index in [4.69, 9.17) is 9.47 Å². The van der Waals surface area contributed by atoms with Crippen LogP contribution in [0.1, 0.15) is 6.42 Å². The molecule has 1 spiro atoms. The Morgan fingerprint density at radius 1 is 1.44 bits per heavy atom. The number of anilines is 1. The molecule has 3 nitrogen and oxygen atoms in total. The third-order valence-corrected chi connectivity index (χ3v) is 4.47. The lowest BCUT2D eigenvalue weighted by Gasteiger charge is -2.23. The van der Waals surface area contributed by atoms with E-state index in [1.807, 2.05) is 12.1 Å². The van der Waals surface area contributed by atoms with Crippen molar-refractivity contribution in [3.05, 3.63) is 36.4 Å². The lowest BCUT2D eigenvalue weighted by molar-refractivity contribution is 0.0351. The lowest BCUT2D eigenvalue weighted by Crippen LogP contribution is -2.33. The summed E-state index contributed by atoms with van der Waals surface area (Å²) in [7, 11) is 1.71. The molecule has 3 atom stereocenters. The minimum absolute atomic E-state index is 0.00621. The van der Waals surface area contributed by atoms with Crippen molar-refractivity contribution < 1.29 is 9.47 Å². The summed E-state index contributed by atoms with van der Waals surface area (Å²) in [5.74, 6) is 1.57. The molecule has 0 N–H and O–H groups in total. The van der Waals surface area contributed by atoms with Gasteiger partial charge in [-0.25, -0.2) is 0 Å². The van der Waals surface area contributed by atoms with E-state index in [0.29, 0.717) is 12.0 Å². The van der Waals surface area contributed by atoms with Crippen LogP contribution in [0.25, 0.3) is 0 Å². The van der Waals surface area contributed by atoms with Crippen molar-refractivity contribution in [2.75, 3.05) is 25.1 Å². The van der Waals surface area contributed by atoms with E-state index in [-0.39, 0.29) is 5.60 Å². The number of methoxy groups -OCH3 is 1. The van der Waals surface area contributed by atoms with Crippen LogP contribution in [0.4, 0.5) is 5.69 Å². The predicted octanol–water partition coefficient (Wildman–Crippen LogP) is 2.23. The van der Waals surface area contributed by atoms with Crippen LogP contribution in [-0.2, 0) is 4.74 Å². The summed E-state index contributed by atoms with van der Waals surface area (Å²) in [6, 6.07) is 8.29. The molecule has 18 heavy (non-hydrogen) atoms. The van der Waals surface area contributed by atoms with Gasteiger partial charge < -0.3 is 14.4 Å². The smallest absolute Gasteiger partial charge is 0.120 e. The Labute approximate surface area is 107 Å². The van der Waals surface area contributed by atoms with Gasteiger partial charge in [0.2, 0.25) is 0 Å². The molecule has 1 aromatic rings. The molecule has 1 aromatic carbocycles. The largest absolute Gasteiger partial charge is 0.497 e. The summed E-state index contributed by atoms with van der Waals surface area (Å²) >= 11 is 0. The van der Waals surface area contributed by atoms with E-state index in [9.17, 15) is 0 Å². The molecule has 2 fully saturated rings. The van der Waals surface area contributed by atoms with Crippen LogP contribution in [-0.4, -0.2) is 31.9 Å². The Balaban J connectivity index is 1.62. The van der Waals surface area contributed by atoms with Gasteiger partial charge in [0.25, 0.3) is 0 Å². The molecular weight excluding hydrogens is 226 g/mol. The molecule has 0 aliphatic carbocycles. The van der Waals surface area contributed by atoms with E-state index >= 15 is 0 Å². The van der Waals surface area contributed by atoms with Crippen LogP contribution in [0.2, 0.25) is 0 Å². The Morgan fingerprint density at radius 2 is 2.39 bits per heavy atom. The maximum absolute atomic E-state index is 6.11. The van der Waals surface area contributed by atoms with E-state index in [2.05, 4.69) is 29.2 Å². The first-order valence-corrected chi connectivity index (χ1v) is 6.55. The van der Waals surface area contributed by atoms with Gasteiger partial charge in [-0.15, -0.1) is 0 Å². The van der Waals surface area contributed by atoms with Crippen LogP contribution >= 0.6 is 0 Å². The first kappa shape index (κ1) is 10.4. The SMILES string of the molecule is COc1cccc(N2CC3CC4C=CC3(C2)O4)c1. The van der Waals surface area contributed by atoms with Gasteiger partial charge in [-0.1, -0.05) is 18.2 Å². The molecule has 3 heterocycles. The monoisotopic (exact) mass is 243 g/mol. The molecule has 2 saturated heterocycles. The first-order chi connectivity index (χ1) is 8.79. The standard InChI is InChI=1S/C15H17NO2/c1-17-13-4-2-3-12(8-13)16-9-11-7-14-5-6-15(11,10-16)18-14/h2-6,8,11,14H,7,9-10H2,1H3. The van der Waals surface area contributed by atoms with Gasteiger partial charge in [-0.05, 0) is 18.6 Å². The zero-order valence-electron chi connectivity index (χ0n) is 10.5. The molecule has 3 aliphatic heterocycles. The minimum atomic E-state index is -0.00621. The number of fused-ring (bicyclic) bond motifs is 1. The molecule has 3 heteroatoms. The molecule has 0 saturated carbocycles. The second-order valence-corrected chi connectivity index (χ2v) is 5.49. The van der Waals surface area contributed by atoms with Crippen molar-refractivity contribution in [3.8, 4) is 5.75 Å². The van der Waals surface area contributed by atoms with Crippen molar-refractivity contribution >= 4 is 5.69 Å². The van der Waals surface area contributed by atoms with Crippen molar-refractivity contribution in [2.24, 2.45) is 5.92 Å². The van der Waals surface area contributed by atoms with Crippen LogP contribution in [0.15, 0.2) is 36.4 Å². The third-order valence-electron chi connectivity index (χ3n) is 4.47. The van der Waals surface area contributed by atoms with E-state index < -0.39 is 0 Å². The van der Waals surface area contributed by atoms with Crippen LogP contribution in [0.5, 0.6) is 5.75 Å². The highest BCUT2D eigenvalue weighted by Gasteiger charge is 2.55. The van der Waals surface area contributed by atoms with E-state index in [0.717, 1.165) is 18.8 Å². The first-order valence-electron chi connectivity index (χ1n) is 6.55. The van der Waals surface area contributed by atoms with Crippen molar-refractivity contribution in [1.82, 2.24) is 0 Å². The summed E-state index contributed by atoms with van der Waals surface area (Å²) in [5, 5.41) is 0. The fourth-order valence-electron chi connectivity index (χ4n) is 3.55. The molecule has 0 radical (unpaired) electrons. The number of benzene rings is 1. The predicted molar refractivity (Wildman–Crippen MR) is 70.1 cm³/mol. The van der Waals surface area contributed by atoms with Gasteiger partial charge in [0.1, 0.15) is 11.4 Å². The topological polar surface area (TPSA) is 21.7 Å². The maximum Gasteiger partial charge on any atom is 0.120 e. The van der Waals surface area contributed by atoms with Gasteiger partial charge in [-0.2, -0.15) is 0 Å². The zero-order valence-corrected chi connectivity index (χ0v) is 10.5. The molecule has 2 bridgehead atoms. The Kier molecular flexibility index (Phi) is 2.04. The highest BCUT2D eigenvalue weighted by atomic mass is 16.5. The summed E-state index contributed by atoms with van der Waals surface area (Å²) in [5.41, 5.74) is 1.23. The fraction of sp³-hybridized carbons (Fsp3) is 0.467. The second kappa shape index (κ2) is 3.51. The molecule has 94 valence electrons. The highest BCUT2D eigenvalue weighted by molar-refractivity contribution is 5.53. The average molecular weight is 243 g/mol. The molecule has 4 rings (SSSR count). The zero-order chi connectivity index (χ0) is 12.2.